The van der Waals surface area contributed by atoms with Gasteiger partial charge in [-0.25, -0.2) is 0 Å². The number of ether oxygens (including phenoxy) is 4. The molecule has 9 heteroatoms. The largest absolute Gasteiger partial charge is 0.545 e. The van der Waals surface area contributed by atoms with Crippen molar-refractivity contribution in [2.75, 3.05) is 47.5 Å². The molecule has 2 atom stereocenters. The van der Waals surface area contributed by atoms with E-state index in [1.165, 1.54) is 141 Å². The third-order valence-corrected chi connectivity index (χ3v) is 15.8. The molecule has 528 valence electrons. The highest BCUT2D eigenvalue weighted by Crippen LogP contribution is 2.17. The zero-order valence-electron chi connectivity index (χ0n) is 60.3. The standard InChI is InChI=1S/C84H139NO8/c1-6-8-10-12-14-16-18-20-22-24-26-28-30-32-34-36-38-39-40-41-42-43-45-47-49-51-53-55-57-59-61-63-65-67-69-71-73-75-82(87)93-80(79-92-84(83(88)89)90-77-76-85(3,4)5)78-91-81(86)74-72-70-68-66-64-62-60-58-56-54-52-50-48-46-44-37-35-33-31-29-27-25-23-21-19-17-15-13-11-9-7-2/h8-11,14-17,20-23,26-29,32-35,38-39,41-42,44,46,80,84H,6-7,12-13,18-19,24-25,30-31,36-37,40,43,45,47-79H2,1-5H3/b10-8-,11-9-,16-14-,17-15-,22-20-,23-21-,28-26-,29-27-,34-32-,35-33-,39-38-,42-41-,46-44-. The van der Waals surface area contributed by atoms with Crippen LogP contribution in [-0.4, -0.2) is 82.3 Å². The van der Waals surface area contributed by atoms with Crippen LogP contribution in [0.15, 0.2) is 158 Å². The Balaban J connectivity index is 4.11. The molecule has 0 aromatic carbocycles. The molecule has 0 aliphatic rings. The highest BCUT2D eigenvalue weighted by molar-refractivity contribution is 5.70. The summed E-state index contributed by atoms with van der Waals surface area (Å²) in [5, 5.41) is 11.9. The summed E-state index contributed by atoms with van der Waals surface area (Å²) in [5.74, 6) is -2.29. The number of aliphatic carboxylic acids is 1. The van der Waals surface area contributed by atoms with Gasteiger partial charge in [-0.2, -0.15) is 0 Å². The number of quaternary nitrogens is 1. The molecule has 0 fully saturated rings. The summed E-state index contributed by atoms with van der Waals surface area (Å²) in [6, 6.07) is 0. The molecule has 0 aromatic rings. The second-order valence-corrected chi connectivity index (χ2v) is 25.8. The van der Waals surface area contributed by atoms with Crippen LogP contribution in [0, 0.1) is 0 Å². The lowest BCUT2D eigenvalue weighted by Gasteiger charge is -2.26. The van der Waals surface area contributed by atoms with Crippen molar-refractivity contribution >= 4 is 17.9 Å². The SMILES string of the molecule is CC/C=C\C/C=C\C/C=C\C/C=C\C/C=C\C/C=C\C/C=C\CCCCCCCCCCCCCCCCCC(=O)OC(COC(=O)CCCCCCCCCCCCCC/C=C\C/C=C\C/C=C\C/C=C\C/C=C\C/C=C\CC)COC(OCC[N+](C)(C)C)C(=O)[O-]. The molecular weight excluding hydrogens is 1150 g/mol. The first-order valence-corrected chi connectivity index (χ1v) is 37.6. The van der Waals surface area contributed by atoms with Gasteiger partial charge in [0.05, 0.1) is 40.3 Å². The number of rotatable bonds is 68. The number of carboxylic acids is 1. The van der Waals surface area contributed by atoms with E-state index in [1.807, 2.05) is 21.1 Å². The molecule has 93 heavy (non-hydrogen) atoms. The number of nitrogens with zero attached hydrogens (tertiary/aromatic N) is 1. The molecule has 0 aliphatic heterocycles. The number of carbonyl (C=O) groups is 3. The molecule has 0 N–H and O–H groups in total. The zero-order valence-corrected chi connectivity index (χ0v) is 60.3. The number of carboxylic acid groups (broad SMARTS) is 1. The molecule has 0 aromatic heterocycles. The Hall–Kier alpha value is -5.09. The van der Waals surface area contributed by atoms with Gasteiger partial charge in [0.25, 0.3) is 0 Å². The maximum Gasteiger partial charge on any atom is 0.306 e. The molecule has 0 heterocycles. The first-order valence-electron chi connectivity index (χ1n) is 37.6. The van der Waals surface area contributed by atoms with Gasteiger partial charge >= 0.3 is 11.9 Å². The Bertz CT molecular complexity index is 2090. The van der Waals surface area contributed by atoms with Crippen molar-refractivity contribution in [3.63, 3.8) is 0 Å². The van der Waals surface area contributed by atoms with Crippen LogP contribution in [0.5, 0.6) is 0 Å². The topological polar surface area (TPSA) is 111 Å². The highest BCUT2D eigenvalue weighted by Gasteiger charge is 2.22. The molecule has 0 radical (unpaired) electrons. The van der Waals surface area contributed by atoms with Gasteiger partial charge in [0, 0.05) is 12.8 Å². The van der Waals surface area contributed by atoms with Gasteiger partial charge < -0.3 is 33.3 Å². The van der Waals surface area contributed by atoms with Gasteiger partial charge in [0.15, 0.2) is 12.4 Å². The summed E-state index contributed by atoms with van der Waals surface area (Å²) in [5.41, 5.74) is 0. The normalized spacial score (nSPS) is 13.6. The number of esters is 2. The van der Waals surface area contributed by atoms with Crippen molar-refractivity contribution in [1.82, 2.24) is 0 Å². The summed E-state index contributed by atoms with van der Waals surface area (Å²) < 4.78 is 22.8. The van der Waals surface area contributed by atoms with Gasteiger partial charge in [0.1, 0.15) is 13.2 Å². The molecule has 0 amide bonds. The van der Waals surface area contributed by atoms with Gasteiger partial charge in [-0.1, -0.05) is 320 Å². The minimum Gasteiger partial charge on any atom is -0.545 e. The fraction of sp³-hybridized carbons (Fsp3) is 0.655. The van der Waals surface area contributed by atoms with E-state index < -0.39 is 24.3 Å². The number of hydrogen-bond donors (Lipinski definition) is 0. The lowest BCUT2D eigenvalue weighted by molar-refractivity contribution is -0.870. The van der Waals surface area contributed by atoms with Crippen molar-refractivity contribution in [3.8, 4) is 0 Å². The number of hydrogen-bond acceptors (Lipinski definition) is 8. The van der Waals surface area contributed by atoms with Crippen LogP contribution < -0.4 is 5.11 Å². The Morgan fingerprint density at radius 3 is 0.860 bits per heavy atom. The van der Waals surface area contributed by atoms with Crippen molar-refractivity contribution in [2.45, 2.75) is 309 Å². The first kappa shape index (κ1) is 87.9. The van der Waals surface area contributed by atoms with Gasteiger partial charge in [0.2, 0.25) is 0 Å². The monoisotopic (exact) mass is 1290 g/mol. The van der Waals surface area contributed by atoms with Crippen molar-refractivity contribution in [2.24, 2.45) is 0 Å². The third kappa shape index (κ3) is 74.2. The zero-order chi connectivity index (χ0) is 67.5. The number of allylic oxidation sites excluding steroid dienone is 26. The fourth-order valence-electron chi connectivity index (χ4n) is 10.1. The summed E-state index contributed by atoms with van der Waals surface area (Å²) in [7, 11) is 5.93. The maximum absolute atomic E-state index is 13.0. The van der Waals surface area contributed by atoms with Crippen molar-refractivity contribution < 1.29 is 42.9 Å². The predicted octanol–water partition coefficient (Wildman–Crippen LogP) is 22.7. The summed E-state index contributed by atoms with van der Waals surface area (Å²) in [6.45, 7) is 4.53. The van der Waals surface area contributed by atoms with Gasteiger partial charge in [-0.3, -0.25) is 9.59 Å². The lowest BCUT2D eigenvalue weighted by Crippen LogP contribution is -2.44. The fourth-order valence-corrected chi connectivity index (χ4v) is 10.1. The molecule has 0 aliphatic carbocycles. The van der Waals surface area contributed by atoms with E-state index in [0.29, 0.717) is 17.4 Å². The number of carbonyl (C=O) groups excluding carboxylic acids is 3. The molecule has 0 saturated heterocycles. The van der Waals surface area contributed by atoms with Crippen molar-refractivity contribution in [3.05, 3.63) is 158 Å². The van der Waals surface area contributed by atoms with Gasteiger partial charge in [-0.15, -0.1) is 0 Å². The van der Waals surface area contributed by atoms with Crippen LogP contribution in [0.4, 0.5) is 0 Å². The van der Waals surface area contributed by atoms with E-state index in [1.54, 1.807) is 0 Å². The molecule has 0 bridgehead atoms. The smallest absolute Gasteiger partial charge is 0.306 e. The number of unbranched alkanes of at least 4 members (excludes halogenated alkanes) is 27. The summed E-state index contributed by atoms with van der Waals surface area (Å²) >= 11 is 0. The third-order valence-electron chi connectivity index (χ3n) is 15.8. The lowest BCUT2D eigenvalue weighted by atomic mass is 10.0. The molecule has 9 nitrogen and oxygen atoms in total. The minimum atomic E-state index is -1.63. The Kier molecular flexibility index (Phi) is 68.8. The second kappa shape index (κ2) is 72.7. The maximum atomic E-state index is 13.0. The average molecular weight is 1290 g/mol. The van der Waals surface area contributed by atoms with Crippen LogP contribution in [0.3, 0.4) is 0 Å². The summed E-state index contributed by atoms with van der Waals surface area (Å²) in [4.78, 5) is 37.6. The highest BCUT2D eigenvalue weighted by atomic mass is 16.7. The molecule has 0 rings (SSSR count). The van der Waals surface area contributed by atoms with Crippen LogP contribution in [0.1, 0.15) is 296 Å². The van der Waals surface area contributed by atoms with E-state index in [0.717, 1.165) is 122 Å². The van der Waals surface area contributed by atoms with E-state index in [9.17, 15) is 19.5 Å². The molecule has 0 spiro atoms. The van der Waals surface area contributed by atoms with Crippen LogP contribution >= 0.6 is 0 Å². The minimum absolute atomic E-state index is 0.141. The molecule has 0 saturated carbocycles. The van der Waals surface area contributed by atoms with Crippen LogP contribution in [0.2, 0.25) is 0 Å². The Labute approximate surface area is 572 Å². The van der Waals surface area contributed by atoms with Gasteiger partial charge in [-0.05, 0) is 122 Å². The Morgan fingerprint density at radius 1 is 0.323 bits per heavy atom. The quantitative estimate of drug-likeness (QED) is 0.0195. The second-order valence-electron chi connectivity index (χ2n) is 25.8. The van der Waals surface area contributed by atoms with Crippen LogP contribution in [-0.2, 0) is 33.3 Å². The summed E-state index contributed by atoms with van der Waals surface area (Å²) in [6.07, 6.45) is 105. The van der Waals surface area contributed by atoms with E-state index >= 15 is 0 Å². The molecule has 2 unspecified atom stereocenters. The van der Waals surface area contributed by atoms with Crippen LogP contribution in [0.25, 0.3) is 0 Å². The average Bonchev–Trinajstić information content (AvgIpc) is 3.73. The predicted molar refractivity (Wildman–Crippen MR) is 398 cm³/mol. The van der Waals surface area contributed by atoms with E-state index in [2.05, 4.69) is 172 Å². The first-order chi connectivity index (χ1) is 45.6. The number of likely N-dealkylation sites (N-methyl/N-ethyl adjacent to an activating group) is 1. The van der Waals surface area contributed by atoms with Crippen molar-refractivity contribution in [1.29, 1.82) is 0 Å². The van der Waals surface area contributed by atoms with E-state index in [4.69, 9.17) is 18.9 Å². The Morgan fingerprint density at radius 2 is 0.581 bits per heavy atom. The molecular formula is C84H139NO8. The van der Waals surface area contributed by atoms with E-state index in [-0.39, 0.29) is 38.6 Å².